The molecule has 0 saturated heterocycles. The van der Waals surface area contributed by atoms with Crippen molar-refractivity contribution in [3.8, 4) is 0 Å². The maximum Gasteiger partial charge on any atom is 0.0757 e. The molecule has 164 valence electrons. The van der Waals surface area contributed by atoms with Crippen molar-refractivity contribution in [1.29, 1.82) is 0 Å². The van der Waals surface area contributed by atoms with E-state index in [0.29, 0.717) is 0 Å². The molecule has 6 nitrogen and oxygen atoms in total. The fourth-order valence-corrected chi connectivity index (χ4v) is 2.77. The van der Waals surface area contributed by atoms with E-state index in [1.807, 2.05) is 0 Å². The first-order valence-corrected chi connectivity index (χ1v) is 10.5. The largest absolute Gasteiger partial charge is 0.549 e. The van der Waals surface area contributed by atoms with Gasteiger partial charge in [0.25, 0.3) is 0 Å². The summed E-state index contributed by atoms with van der Waals surface area (Å²) in [5, 5.41) is 19.9. The third-order valence-corrected chi connectivity index (χ3v) is 6.39. The summed E-state index contributed by atoms with van der Waals surface area (Å²) in [6.45, 7) is 30.5. The number of aliphatic carboxylic acids is 2. The van der Waals surface area contributed by atoms with Crippen molar-refractivity contribution in [2.24, 2.45) is 5.41 Å². The van der Waals surface area contributed by atoms with Gasteiger partial charge in [0.1, 0.15) is 0 Å². The van der Waals surface area contributed by atoms with E-state index in [1.54, 1.807) is 0 Å². The minimum absolute atomic E-state index is 1.01. The zero-order valence-electron chi connectivity index (χ0n) is 19.7. The number of nitrogens with zero attached hydrogens (tertiary/aromatic N) is 2. The standard InChI is InChI=1S/2C8H20N.C5H8O4/c2*1-5-9(6-2,7-3)8-4;1-5(2,3(6)7)4(8)9/h2*5-8H2,1-4H3;1-2H3,(H,6,7)(H,8,9)/q2*+1;/p-2. The molecule has 0 amide bonds. The van der Waals surface area contributed by atoms with Crippen molar-refractivity contribution in [1.82, 2.24) is 0 Å². The van der Waals surface area contributed by atoms with Crippen molar-refractivity contribution in [3.05, 3.63) is 0 Å². The number of carboxylic acid groups (broad SMARTS) is 2. The molecule has 0 aromatic carbocycles. The van der Waals surface area contributed by atoms with Crippen LogP contribution in [-0.4, -0.2) is 73.3 Å². The molecule has 0 saturated carbocycles. The van der Waals surface area contributed by atoms with E-state index in [4.69, 9.17) is 0 Å². The molecule has 0 aromatic rings. The van der Waals surface area contributed by atoms with Crippen molar-refractivity contribution in [2.45, 2.75) is 69.2 Å². The van der Waals surface area contributed by atoms with Gasteiger partial charge in [0, 0.05) is 5.41 Å². The summed E-state index contributed by atoms with van der Waals surface area (Å²) >= 11 is 0. The zero-order valence-corrected chi connectivity index (χ0v) is 19.7. The van der Waals surface area contributed by atoms with E-state index < -0.39 is 17.4 Å². The highest BCUT2D eigenvalue weighted by molar-refractivity contribution is 5.94. The molecule has 0 aliphatic heterocycles. The first-order valence-electron chi connectivity index (χ1n) is 10.5. The highest BCUT2D eigenvalue weighted by atomic mass is 16.4. The lowest BCUT2D eigenvalue weighted by Gasteiger charge is -2.34. The van der Waals surface area contributed by atoms with E-state index in [2.05, 4.69) is 55.4 Å². The Balaban J connectivity index is -0.000000320. The Labute approximate surface area is 168 Å². The predicted octanol–water partition coefficient (Wildman–Crippen LogP) is 1.28. The van der Waals surface area contributed by atoms with Gasteiger partial charge in [-0.1, -0.05) is 0 Å². The van der Waals surface area contributed by atoms with Gasteiger partial charge in [0.15, 0.2) is 0 Å². The average molecular weight is 391 g/mol. The lowest BCUT2D eigenvalue weighted by molar-refractivity contribution is -0.921. The van der Waals surface area contributed by atoms with Crippen LogP contribution in [0.5, 0.6) is 0 Å². The van der Waals surface area contributed by atoms with Gasteiger partial charge < -0.3 is 28.8 Å². The van der Waals surface area contributed by atoms with Crippen LogP contribution < -0.4 is 10.2 Å². The molecule has 0 aliphatic rings. The Kier molecular flexibility index (Phi) is 16.8. The normalized spacial score (nSPS) is 11.6. The highest BCUT2D eigenvalue weighted by Crippen LogP contribution is 2.10. The summed E-state index contributed by atoms with van der Waals surface area (Å²) in [7, 11) is 0. The molecular formula is C21H46N2O4. The third-order valence-electron chi connectivity index (χ3n) is 6.39. The summed E-state index contributed by atoms with van der Waals surface area (Å²) in [5.74, 6) is -3.27. The second-order valence-corrected chi connectivity index (χ2v) is 7.41. The summed E-state index contributed by atoms with van der Waals surface area (Å²) in [4.78, 5) is 19.9. The molecule has 0 fully saturated rings. The van der Waals surface area contributed by atoms with E-state index in [9.17, 15) is 19.8 Å². The van der Waals surface area contributed by atoms with Gasteiger partial charge in [-0.2, -0.15) is 0 Å². The summed E-state index contributed by atoms with van der Waals surface area (Å²) in [6, 6.07) is 0. The molecule has 0 aliphatic carbocycles. The van der Waals surface area contributed by atoms with E-state index in [0.717, 1.165) is 13.8 Å². The second kappa shape index (κ2) is 14.9. The minimum Gasteiger partial charge on any atom is -0.549 e. The minimum atomic E-state index is -1.89. The number of carbonyl (C=O) groups is 2. The third kappa shape index (κ3) is 10.7. The van der Waals surface area contributed by atoms with Gasteiger partial charge in [-0.25, -0.2) is 0 Å². The van der Waals surface area contributed by atoms with E-state index in [1.165, 1.54) is 61.3 Å². The maximum absolute atomic E-state index is 9.93. The van der Waals surface area contributed by atoms with Gasteiger partial charge in [-0.15, -0.1) is 0 Å². The number of hydrogen-bond acceptors (Lipinski definition) is 4. The van der Waals surface area contributed by atoms with Crippen molar-refractivity contribution < 1.29 is 28.8 Å². The second-order valence-electron chi connectivity index (χ2n) is 7.41. The van der Waals surface area contributed by atoms with Crippen LogP contribution in [0.3, 0.4) is 0 Å². The van der Waals surface area contributed by atoms with Crippen LogP contribution in [0.1, 0.15) is 69.2 Å². The molecule has 0 N–H and O–H groups in total. The first-order chi connectivity index (χ1) is 12.4. The Morgan fingerprint density at radius 1 is 0.556 bits per heavy atom. The summed E-state index contributed by atoms with van der Waals surface area (Å²) in [5.41, 5.74) is -1.89. The van der Waals surface area contributed by atoms with Gasteiger partial charge in [0.05, 0.1) is 64.3 Å². The van der Waals surface area contributed by atoms with Crippen molar-refractivity contribution in [2.75, 3.05) is 52.4 Å². The Morgan fingerprint density at radius 2 is 0.704 bits per heavy atom. The van der Waals surface area contributed by atoms with Gasteiger partial charge in [0.2, 0.25) is 0 Å². The number of carboxylic acids is 2. The molecule has 0 atom stereocenters. The quantitative estimate of drug-likeness (QED) is 0.416. The number of carbonyl (C=O) groups excluding carboxylic acids is 2. The van der Waals surface area contributed by atoms with Crippen LogP contribution in [-0.2, 0) is 9.59 Å². The Hall–Kier alpha value is -1.14. The molecule has 0 unspecified atom stereocenters. The SMILES string of the molecule is CC(C)(C(=O)[O-])C(=O)[O-].CC[N+](CC)(CC)CC.CC[N+](CC)(CC)CC. The van der Waals surface area contributed by atoms with E-state index >= 15 is 0 Å². The van der Waals surface area contributed by atoms with Crippen LogP contribution in [0.25, 0.3) is 0 Å². The monoisotopic (exact) mass is 390 g/mol. The fourth-order valence-electron chi connectivity index (χ4n) is 2.77. The lowest BCUT2D eigenvalue weighted by Crippen LogP contribution is -2.50. The van der Waals surface area contributed by atoms with Crippen molar-refractivity contribution in [3.63, 3.8) is 0 Å². The molecule has 0 spiro atoms. The smallest absolute Gasteiger partial charge is 0.0757 e. The number of quaternary nitrogens is 2. The van der Waals surface area contributed by atoms with Gasteiger partial charge in [-0.05, 0) is 69.2 Å². The van der Waals surface area contributed by atoms with E-state index in [-0.39, 0.29) is 0 Å². The molecule has 0 radical (unpaired) electrons. The molecule has 0 rings (SSSR count). The van der Waals surface area contributed by atoms with Crippen LogP contribution in [0.15, 0.2) is 0 Å². The molecule has 27 heavy (non-hydrogen) atoms. The number of hydrogen-bond donors (Lipinski definition) is 0. The van der Waals surface area contributed by atoms with Gasteiger partial charge in [-0.3, -0.25) is 0 Å². The highest BCUT2D eigenvalue weighted by Gasteiger charge is 2.20. The Bertz CT molecular complexity index is 330. The molecule has 0 heterocycles. The zero-order chi connectivity index (χ0) is 22.3. The van der Waals surface area contributed by atoms with Gasteiger partial charge >= 0.3 is 0 Å². The maximum atomic E-state index is 9.93. The Morgan fingerprint density at radius 3 is 0.704 bits per heavy atom. The summed E-state index contributed by atoms with van der Waals surface area (Å²) < 4.78 is 2.56. The van der Waals surface area contributed by atoms with Crippen LogP contribution >= 0.6 is 0 Å². The van der Waals surface area contributed by atoms with Crippen LogP contribution in [0.4, 0.5) is 0 Å². The molecular weight excluding hydrogens is 344 g/mol. The fraction of sp³-hybridized carbons (Fsp3) is 0.905. The van der Waals surface area contributed by atoms with Crippen molar-refractivity contribution >= 4 is 11.9 Å². The molecule has 0 aromatic heterocycles. The van der Waals surface area contributed by atoms with Crippen LogP contribution in [0.2, 0.25) is 0 Å². The first kappa shape index (κ1) is 30.6. The number of rotatable bonds is 10. The topological polar surface area (TPSA) is 80.3 Å². The van der Waals surface area contributed by atoms with Crippen LogP contribution in [0, 0.1) is 5.41 Å². The summed E-state index contributed by atoms with van der Waals surface area (Å²) in [6.07, 6.45) is 0. The average Bonchev–Trinajstić information content (AvgIpc) is 2.67. The molecule has 6 heteroatoms. The lowest BCUT2D eigenvalue weighted by atomic mass is 9.95. The predicted molar refractivity (Wildman–Crippen MR) is 109 cm³/mol. The molecule has 0 bridgehead atoms.